The summed E-state index contributed by atoms with van der Waals surface area (Å²) in [6.07, 6.45) is 5.91. The molecule has 232 valence electrons. The van der Waals surface area contributed by atoms with E-state index in [9.17, 15) is 19.2 Å². The van der Waals surface area contributed by atoms with Crippen molar-refractivity contribution in [2.75, 3.05) is 31.1 Å². The smallest absolute Gasteiger partial charge is 0.230 e. The number of likely N-dealkylation sites (tertiary alicyclic amines) is 1. The molecule has 0 bridgehead atoms. The first-order valence-electron chi connectivity index (χ1n) is 15.3. The third-order valence-corrected chi connectivity index (χ3v) is 10.0. The predicted molar refractivity (Wildman–Crippen MR) is 171 cm³/mol. The molecule has 3 saturated heterocycles. The number of ether oxygens (including phenoxy) is 1. The maximum absolute atomic E-state index is 13.3. The molecule has 2 amide bonds. The average molecular weight is 682 g/mol. The molecular weight excluding hydrogens is 652 g/mol. The van der Waals surface area contributed by atoms with Gasteiger partial charge in [0.25, 0.3) is 0 Å². The number of nitrogens with one attached hydrogen (secondary N) is 1. The number of hydrogen-bond acceptors (Lipinski definition) is 9. The second-order valence-corrected chi connectivity index (χ2v) is 13.1. The van der Waals surface area contributed by atoms with Crippen molar-refractivity contribution in [3.05, 3.63) is 88.8 Å². The number of halogens is 1. The third-order valence-electron chi connectivity index (χ3n) is 9.43. The molecule has 1 N–H and O–H groups in total. The van der Waals surface area contributed by atoms with E-state index in [0.717, 1.165) is 59.0 Å². The molecule has 5 heterocycles. The van der Waals surface area contributed by atoms with Crippen LogP contribution >= 0.6 is 15.9 Å². The van der Waals surface area contributed by atoms with Gasteiger partial charge in [-0.1, -0.05) is 0 Å². The van der Waals surface area contributed by atoms with E-state index in [2.05, 4.69) is 36.0 Å². The number of pyridine rings is 1. The first-order valence-corrected chi connectivity index (χ1v) is 16.1. The predicted octanol–water partition coefficient (Wildman–Crippen LogP) is 3.70. The number of aromatic nitrogens is 3. The van der Waals surface area contributed by atoms with Crippen LogP contribution in [-0.2, 0) is 9.59 Å². The number of nitrogens with zero attached hydrogens (tertiary/aromatic N) is 5. The van der Waals surface area contributed by atoms with Crippen molar-refractivity contribution in [1.29, 1.82) is 0 Å². The zero-order chi connectivity index (χ0) is 31.5. The van der Waals surface area contributed by atoms with Gasteiger partial charge in [0, 0.05) is 79.6 Å². The number of carbonyl (C=O) groups excluding carboxylic acids is 4. The van der Waals surface area contributed by atoms with Gasteiger partial charge in [0.1, 0.15) is 17.5 Å². The largest absolute Gasteiger partial charge is 0.488 e. The number of anilines is 1. The molecule has 12 heteroatoms. The highest BCUT2D eigenvalue weighted by Gasteiger charge is 2.48. The number of benzene rings is 2. The first-order chi connectivity index (χ1) is 22.3. The Bertz CT molecular complexity index is 1880. The van der Waals surface area contributed by atoms with Gasteiger partial charge in [-0.3, -0.25) is 34.4 Å². The summed E-state index contributed by atoms with van der Waals surface area (Å²) < 4.78 is 8.97. The van der Waals surface area contributed by atoms with Gasteiger partial charge in [-0.15, -0.1) is 0 Å². The van der Waals surface area contributed by atoms with Crippen molar-refractivity contribution in [1.82, 2.24) is 25.0 Å². The summed E-state index contributed by atoms with van der Waals surface area (Å²) in [5.74, 6) is -2.58. The zero-order valence-corrected chi connectivity index (χ0v) is 26.2. The van der Waals surface area contributed by atoms with Crippen molar-refractivity contribution >= 4 is 45.0 Å². The summed E-state index contributed by atoms with van der Waals surface area (Å²) in [6, 6.07) is 17.5. The van der Waals surface area contributed by atoms with Crippen LogP contribution in [0.4, 0.5) is 5.69 Å². The lowest BCUT2D eigenvalue weighted by Crippen LogP contribution is -2.67. The Kier molecular flexibility index (Phi) is 7.06. The van der Waals surface area contributed by atoms with Gasteiger partial charge in [0.05, 0.1) is 22.0 Å². The highest BCUT2D eigenvalue weighted by atomic mass is 79.9. The highest BCUT2D eigenvalue weighted by molar-refractivity contribution is 9.10. The standard InChI is InChI=1S/C34H29BrN6O5/c35-28-18-41(38-31(28)19-9-11-36-12-10-19)20-1-4-23(5-2-20)46-24-16-40(17-24)22-14-39(15-22)21-3-6-25-27(13-21)33(44)30(32(25)43)26-7-8-29(42)37-34(26)45/h1-6,9-13,18,22,24,26,30H,7-8,14-17H2,(H,37,42,45). The third kappa shape index (κ3) is 5.01. The normalized spacial score (nSPS) is 22.0. The number of amides is 2. The number of rotatable bonds is 7. The molecule has 4 aliphatic rings. The Labute approximate surface area is 272 Å². The van der Waals surface area contributed by atoms with Crippen LogP contribution < -0.4 is 15.0 Å². The van der Waals surface area contributed by atoms with E-state index in [-0.39, 0.29) is 36.4 Å². The van der Waals surface area contributed by atoms with Crippen LogP contribution in [0.3, 0.4) is 0 Å². The van der Waals surface area contributed by atoms with E-state index >= 15 is 0 Å². The molecule has 2 unspecified atom stereocenters. The molecule has 0 radical (unpaired) electrons. The average Bonchev–Trinajstić information content (AvgIpc) is 3.52. The maximum atomic E-state index is 13.3. The van der Waals surface area contributed by atoms with Crippen LogP contribution in [0.2, 0.25) is 0 Å². The van der Waals surface area contributed by atoms with Gasteiger partial charge in [-0.05, 0) is 76.9 Å². The van der Waals surface area contributed by atoms with Crippen molar-refractivity contribution in [2.24, 2.45) is 11.8 Å². The summed E-state index contributed by atoms with van der Waals surface area (Å²) in [6.45, 7) is 3.32. The summed E-state index contributed by atoms with van der Waals surface area (Å²) in [7, 11) is 0. The fourth-order valence-corrected chi connectivity index (χ4v) is 7.30. The lowest BCUT2D eigenvalue weighted by Gasteiger charge is -2.52. The molecule has 3 aliphatic heterocycles. The van der Waals surface area contributed by atoms with Crippen LogP contribution in [0.1, 0.15) is 33.6 Å². The first kappa shape index (κ1) is 28.8. The lowest BCUT2D eigenvalue weighted by molar-refractivity contribution is -0.137. The van der Waals surface area contributed by atoms with Gasteiger partial charge in [0.15, 0.2) is 11.6 Å². The number of hydrogen-bond donors (Lipinski definition) is 1. The minimum Gasteiger partial charge on any atom is -0.488 e. The van der Waals surface area contributed by atoms with E-state index < -0.39 is 17.7 Å². The Balaban J connectivity index is 0.837. The zero-order valence-electron chi connectivity index (χ0n) is 24.6. The number of carbonyl (C=O) groups is 4. The Morgan fingerprint density at radius 1 is 0.848 bits per heavy atom. The van der Waals surface area contributed by atoms with Gasteiger partial charge in [-0.25, -0.2) is 4.68 Å². The molecule has 1 aliphatic carbocycles. The van der Waals surface area contributed by atoms with Crippen molar-refractivity contribution in [3.63, 3.8) is 0 Å². The van der Waals surface area contributed by atoms with Gasteiger partial charge >= 0.3 is 0 Å². The van der Waals surface area contributed by atoms with E-state index in [1.165, 1.54) is 0 Å². The summed E-state index contributed by atoms with van der Waals surface area (Å²) in [5, 5.41) is 7.00. The second kappa shape index (κ2) is 11.3. The Morgan fingerprint density at radius 2 is 1.57 bits per heavy atom. The van der Waals surface area contributed by atoms with Crippen LogP contribution in [0.25, 0.3) is 16.9 Å². The minimum absolute atomic E-state index is 0.116. The fraction of sp³-hybridized carbons (Fsp3) is 0.294. The van der Waals surface area contributed by atoms with Crippen LogP contribution in [0.5, 0.6) is 5.75 Å². The van der Waals surface area contributed by atoms with Crippen LogP contribution in [0, 0.1) is 11.8 Å². The van der Waals surface area contributed by atoms with Crippen LogP contribution in [-0.4, -0.2) is 81.4 Å². The SMILES string of the molecule is O=C1CCC(C2C(=O)c3ccc(N4CC(N5CC(Oc6ccc(-n7cc(Br)c(-c8ccncc8)n7)cc6)C5)C4)cc3C2=O)C(=O)N1. The lowest BCUT2D eigenvalue weighted by atomic mass is 9.82. The molecule has 4 aromatic rings. The highest BCUT2D eigenvalue weighted by Crippen LogP contribution is 2.38. The number of ketones is 2. The molecule has 0 saturated carbocycles. The molecule has 8 rings (SSSR count). The number of piperidine rings is 1. The van der Waals surface area contributed by atoms with Crippen molar-refractivity contribution < 1.29 is 23.9 Å². The van der Waals surface area contributed by atoms with Gasteiger partial charge in [0.2, 0.25) is 11.8 Å². The summed E-state index contributed by atoms with van der Waals surface area (Å²) in [5.41, 5.74) is 4.41. The molecule has 2 aromatic carbocycles. The summed E-state index contributed by atoms with van der Waals surface area (Å²) >= 11 is 3.61. The molecule has 2 aromatic heterocycles. The number of Topliss-reactive ketones (excluding diaryl/α,β-unsaturated/α-hetero) is 2. The Hall–Kier alpha value is -4.68. The van der Waals surface area contributed by atoms with E-state index in [0.29, 0.717) is 17.2 Å². The second-order valence-electron chi connectivity index (χ2n) is 12.2. The minimum atomic E-state index is -1.05. The molecular formula is C34H29BrN6O5. The van der Waals surface area contributed by atoms with E-state index in [4.69, 9.17) is 9.84 Å². The maximum Gasteiger partial charge on any atom is 0.230 e. The molecule has 11 nitrogen and oxygen atoms in total. The molecule has 0 spiro atoms. The number of fused-ring (bicyclic) bond motifs is 1. The van der Waals surface area contributed by atoms with E-state index in [1.54, 1.807) is 24.5 Å². The molecule has 2 atom stereocenters. The monoisotopic (exact) mass is 680 g/mol. The summed E-state index contributed by atoms with van der Waals surface area (Å²) in [4.78, 5) is 58.9. The van der Waals surface area contributed by atoms with E-state index in [1.807, 2.05) is 53.3 Å². The molecule has 3 fully saturated rings. The van der Waals surface area contributed by atoms with Gasteiger partial charge in [-0.2, -0.15) is 5.10 Å². The van der Waals surface area contributed by atoms with Crippen molar-refractivity contribution in [3.8, 4) is 22.7 Å². The molecule has 46 heavy (non-hydrogen) atoms. The van der Waals surface area contributed by atoms with Crippen molar-refractivity contribution in [2.45, 2.75) is 25.0 Å². The van der Waals surface area contributed by atoms with Crippen LogP contribution in [0.15, 0.2) is 77.7 Å². The van der Waals surface area contributed by atoms with Gasteiger partial charge < -0.3 is 9.64 Å². The fourth-order valence-electron chi connectivity index (χ4n) is 6.80. The Morgan fingerprint density at radius 3 is 2.30 bits per heavy atom. The number of imide groups is 1. The topological polar surface area (TPSA) is 127 Å². The quantitative estimate of drug-likeness (QED) is 0.230.